The van der Waals surface area contributed by atoms with Crippen molar-refractivity contribution in [2.75, 3.05) is 30.1 Å². The average Bonchev–Trinajstić information content (AvgIpc) is 3.19. The summed E-state index contributed by atoms with van der Waals surface area (Å²) in [6.07, 6.45) is 0.903. The number of ether oxygens (including phenoxy) is 2. The van der Waals surface area contributed by atoms with Gasteiger partial charge < -0.3 is 20.1 Å². The van der Waals surface area contributed by atoms with Gasteiger partial charge in [0.1, 0.15) is 11.5 Å². The smallest absolute Gasteiger partial charge is 0.234 e. The monoisotopic (exact) mass is 430 g/mol. The second-order valence-corrected chi connectivity index (χ2v) is 8.08. The third kappa shape index (κ3) is 6.10. The maximum absolute atomic E-state index is 12.3. The number of nitrogens with one attached hydrogen (secondary N) is 2. The van der Waals surface area contributed by atoms with Crippen LogP contribution in [0.15, 0.2) is 52.9 Å². The average molecular weight is 431 g/mol. The Morgan fingerprint density at radius 3 is 2.55 bits per heavy atom. The van der Waals surface area contributed by atoms with Gasteiger partial charge in [0, 0.05) is 0 Å². The molecule has 3 rings (SSSR count). The molecule has 0 radical (unpaired) electrons. The fraction of sp³-hybridized carbons (Fsp3) is 0.250. The molecule has 1 amide bonds. The van der Waals surface area contributed by atoms with Crippen molar-refractivity contribution in [2.45, 2.75) is 17.7 Å². The van der Waals surface area contributed by atoms with Crippen molar-refractivity contribution >= 4 is 45.5 Å². The Labute approximate surface area is 177 Å². The van der Waals surface area contributed by atoms with E-state index in [0.717, 1.165) is 17.9 Å². The number of hydrogen-bond donors (Lipinski definition) is 2. The van der Waals surface area contributed by atoms with Crippen molar-refractivity contribution in [2.24, 2.45) is 0 Å². The molecule has 0 spiro atoms. The lowest BCUT2D eigenvalue weighted by molar-refractivity contribution is -0.113. The van der Waals surface area contributed by atoms with Crippen molar-refractivity contribution in [1.29, 1.82) is 0 Å². The highest BCUT2D eigenvalue weighted by Gasteiger charge is 2.12. The number of thioether (sulfide) groups is 1. The molecule has 1 aromatic heterocycles. The molecule has 9 heteroatoms. The summed E-state index contributed by atoms with van der Waals surface area (Å²) >= 11 is 2.71. The summed E-state index contributed by atoms with van der Waals surface area (Å²) in [6.45, 7) is 2.64. The molecule has 0 fully saturated rings. The minimum absolute atomic E-state index is 0.128. The van der Waals surface area contributed by atoms with E-state index in [0.29, 0.717) is 27.5 Å². The standard InChI is InChI=1S/C20H22N4O3S2/c1-3-12-27-17-11-7-5-9-15(17)21-18(25)13-28-20-24-23-19(29-20)22-14-8-4-6-10-16(14)26-2/h4-11H,3,12-13H2,1-2H3,(H,21,25)(H,22,23). The van der Waals surface area contributed by atoms with Crippen molar-refractivity contribution in [3.63, 3.8) is 0 Å². The first-order valence-corrected chi connectivity index (χ1v) is 10.9. The summed E-state index contributed by atoms with van der Waals surface area (Å²) in [5, 5.41) is 15.0. The number of amides is 1. The number of rotatable bonds is 10. The molecular weight excluding hydrogens is 408 g/mol. The van der Waals surface area contributed by atoms with E-state index in [4.69, 9.17) is 9.47 Å². The number of aromatic nitrogens is 2. The van der Waals surface area contributed by atoms with Crippen LogP contribution in [0.2, 0.25) is 0 Å². The van der Waals surface area contributed by atoms with E-state index in [2.05, 4.69) is 20.8 Å². The molecule has 2 aromatic carbocycles. The Bertz CT molecular complexity index is 949. The Morgan fingerprint density at radius 1 is 1.07 bits per heavy atom. The molecule has 2 N–H and O–H groups in total. The van der Waals surface area contributed by atoms with Crippen LogP contribution >= 0.6 is 23.1 Å². The number of hydrogen-bond acceptors (Lipinski definition) is 8. The Morgan fingerprint density at radius 2 is 1.79 bits per heavy atom. The number of para-hydroxylation sites is 4. The van der Waals surface area contributed by atoms with Crippen LogP contribution in [0.3, 0.4) is 0 Å². The Balaban J connectivity index is 1.54. The van der Waals surface area contributed by atoms with Gasteiger partial charge >= 0.3 is 0 Å². The van der Waals surface area contributed by atoms with Crippen molar-refractivity contribution in [3.8, 4) is 11.5 Å². The van der Waals surface area contributed by atoms with Crippen molar-refractivity contribution in [3.05, 3.63) is 48.5 Å². The predicted molar refractivity (Wildman–Crippen MR) is 118 cm³/mol. The number of benzene rings is 2. The molecule has 29 heavy (non-hydrogen) atoms. The van der Waals surface area contributed by atoms with Crippen LogP contribution < -0.4 is 20.1 Å². The molecule has 0 bridgehead atoms. The molecule has 0 atom stereocenters. The van der Waals surface area contributed by atoms with E-state index in [1.807, 2.05) is 55.5 Å². The van der Waals surface area contributed by atoms with E-state index in [-0.39, 0.29) is 11.7 Å². The normalized spacial score (nSPS) is 10.4. The minimum atomic E-state index is -0.128. The molecule has 0 saturated carbocycles. The summed E-state index contributed by atoms with van der Waals surface area (Å²) in [6, 6.07) is 15.0. The number of carbonyl (C=O) groups excluding carboxylic acids is 1. The van der Waals surface area contributed by atoms with Gasteiger partial charge in [-0.2, -0.15) is 0 Å². The molecule has 0 aliphatic rings. The van der Waals surface area contributed by atoms with Gasteiger partial charge in [-0.1, -0.05) is 54.3 Å². The summed E-state index contributed by atoms with van der Waals surface area (Å²) in [4.78, 5) is 12.3. The third-order valence-corrected chi connectivity index (χ3v) is 5.68. The quantitative estimate of drug-likeness (QED) is 0.446. The largest absolute Gasteiger partial charge is 0.495 e. The zero-order chi connectivity index (χ0) is 20.5. The van der Waals surface area contributed by atoms with E-state index < -0.39 is 0 Å². The Hall–Kier alpha value is -2.78. The van der Waals surface area contributed by atoms with Gasteiger partial charge in [0.2, 0.25) is 11.0 Å². The first-order valence-electron chi connectivity index (χ1n) is 9.07. The number of anilines is 3. The van der Waals surface area contributed by atoms with Crippen LogP contribution in [0.5, 0.6) is 11.5 Å². The first kappa shape index (κ1) is 20.9. The highest BCUT2D eigenvalue weighted by Crippen LogP contribution is 2.31. The van der Waals surface area contributed by atoms with Gasteiger partial charge in [0.05, 0.1) is 30.8 Å². The fourth-order valence-corrected chi connectivity index (χ4v) is 3.97. The molecular formula is C20H22N4O3S2. The SMILES string of the molecule is CCCOc1ccccc1NC(=O)CSc1nnc(Nc2ccccc2OC)s1. The lowest BCUT2D eigenvalue weighted by atomic mass is 10.3. The fourth-order valence-electron chi connectivity index (χ4n) is 2.40. The van der Waals surface area contributed by atoms with E-state index in [1.165, 1.54) is 23.1 Å². The maximum Gasteiger partial charge on any atom is 0.234 e. The third-order valence-electron chi connectivity index (χ3n) is 3.70. The van der Waals surface area contributed by atoms with Gasteiger partial charge in [0.25, 0.3) is 0 Å². The molecule has 0 saturated heterocycles. The lowest BCUT2D eigenvalue weighted by Gasteiger charge is -2.11. The molecule has 0 aliphatic heterocycles. The number of carbonyl (C=O) groups is 1. The van der Waals surface area contributed by atoms with Crippen molar-refractivity contribution in [1.82, 2.24) is 10.2 Å². The molecule has 152 valence electrons. The second-order valence-electron chi connectivity index (χ2n) is 5.88. The topological polar surface area (TPSA) is 85.4 Å². The van der Waals surface area contributed by atoms with Crippen LogP contribution in [0, 0.1) is 0 Å². The second kappa shape index (κ2) is 10.7. The van der Waals surface area contributed by atoms with Gasteiger partial charge in [-0.15, -0.1) is 10.2 Å². The molecule has 1 heterocycles. The van der Waals surface area contributed by atoms with Crippen LogP contribution in [0.25, 0.3) is 0 Å². The van der Waals surface area contributed by atoms with Crippen LogP contribution in [-0.2, 0) is 4.79 Å². The highest BCUT2D eigenvalue weighted by molar-refractivity contribution is 8.01. The molecule has 0 unspecified atom stereocenters. The summed E-state index contributed by atoms with van der Waals surface area (Å²) in [5.41, 5.74) is 1.48. The summed E-state index contributed by atoms with van der Waals surface area (Å²) in [5.74, 6) is 1.50. The van der Waals surface area contributed by atoms with Gasteiger partial charge in [-0.3, -0.25) is 4.79 Å². The molecule has 3 aromatic rings. The Kier molecular flexibility index (Phi) is 7.71. The highest BCUT2D eigenvalue weighted by atomic mass is 32.2. The zero-order valence-electron chi connectivity index (χ0n) is 16.2. The lowest BCUT2D eigenvalue weighted by Crippen LogP contribution is -2.15. The predicted octanol–water partition coefficient (Wildman–Crippen LogP) is 4.81. The van der Waals surface area contributed by atoms with Crippen LogP contribution in [-0.4, -0.2) is 35.6 Å². The van der Waals surface area contributed by atoms with E-state index in [9.17, 15) is 4.79 Å². The molecule has 7 nitrogen and oxygen atoms in total. The maximum atomic E-state index is 12.3. The van der Waals surface area contributed by atoms with E-state index in [1.54, 1.807) is 7.11 Å². The summed E-state index contributed by atoms with van der Waals surface area (Å²) < 4.78 is 11.7. The van der Waals surface area contributed by atoms with Gasteiger partial charge in [0.15, 0.2) is 4.34 Å². The van der Waals surface area contributed by atoms with Crippen LogP contribution in [0.1, 0.15) is 13.3 Å². The van der Waals surface area contributed by atoms with Crippen molar-refractivity contribution < 1.29 is 14.3 Å². The first-order chi connectivity index (χ1) is 14.2. The molecule has 0 aliphatic carbocycles. The number of methoxy groups -OCH3 is 1. The summed E-state index contributed by atoms with van der Waals surface area (Å²) in [7, 11) is 1.62. The number of nitrogens with zero attached hydrogens (tertiary/aromatic N) is 2. The van der Waals surface area contributed by atoms with Gasteiger partial charge in [-0.25, -0.2) is 0 Å². The van der Waals surface area contributed by atoms with Crippen LogP contribution in [0.4, 0.5) is 16.5 Å². The zero-order valence-corrected chi connectivity index (χ0v) is 17.8. The van der Waals surface area contributed by atoms with E-state index >= 15 is 0 Å². The minimum Gasteiger partial charge on any atom is -0.495 e. The van der Waals surface area contributed by atoms with Gasteiger partial charge in [-0.05, 0) is 30.7 Å².